The van der Waals surface area contributed by atoms with Crippen LogP contribution in [0, 0.1) is 0 Å². The number of rotatable bonds is 4. The van der Waals surface area contributed by atoms with Gasteiger partial charge < -0.3 is 30.9 Å². The molecule has 0 bridgehead atoms. The zero-order chi connectivity index (χ0) is 25.4. The van der Waals surface area contributed by atoms with Gasteiger partial charge in [-0.05, 0) is 29.8 Å². The quantitative estimate of drug-likeness (QED) is 0.396. The lowest BCUT2D eigenvalue weighted by Crippen LogP contribution is -2.42. The Labute approximate surface area is 191 Å². The molecule has 1 amide bonds. The van der Waals surface area contributed by atoms with Crippen LogP contribution in [0.25, 0.3) is 0 Å². The van der Waals surface area contributed by atoms with Gasteiger partial charge in [-0.3, -0.25) is 4.79 Å². The Bertz CT molecular complexity index is 1310. The topological polar surface area (TPSA) is 164 Å². The van der Waals surface area contributed by atoms with Gasteiger partial charge in [0.25, 0.3) is 5.91 Å². The molecular weight excluding hydrogens is 483 g/mol. The van der Waals surface area contributed by atoms with Crippen molar-refractivity contribution in [3.05, 3.63) is 47.5 Å². The van der Waals surface area contributed by atoms with Crippen LogP contribution in [0.15, 0.2) is 45.2 Å². The summed E-state index contributed by atoms with van der Waals surface area (Å²) in [6, 6.07) is 3.68. The molecule has 0 saturated heterocycles. The number of amidine groups is 2. The zero-order valence-corrected chi connectivity index (χ0v) is 18.3. The van der Waals surface area contributed by atoms with Crippen LogP contribution in [0.5, 0.6) is 17.2 Å². The van der Waals surface area contributed by atoms with Crippen LogP contribution >= 0.6 is 0 Å². The molecule has 0 radical (unpaired) electrons. The number of phenols is 3. The Hall–Kier alpha value is -4.01. The highest BCUT2D eigenvalue weighted by Crippen LogP contribution is 2.37. The molecule has 182 valence electrons. The van der Waals surface area contributed by atoms with Crippen molar-refractivity contribution in [1.82, 2.24) is 10.2 Å². The highest BCUT2D eigenvalue weighted by Gasteiger charge is 2.43. The Morgan fingerprint density at radius 3 is 2.26 bits per heavy atom. The van der Waals surface area contributed by atoms with Crippen molar-refractivity contribution in [2.24, 2.45) is 8.80 Å². The number of benzene rings is 2. The minimum absolute atomic E-state index is 0.157. The Morgan fingerprint density at radius 2 is 1.68 bits per heavy atom. The van der Waals surface area contributed by atoms with E-state index in [-0.39, 0.29) is 11.3 Å². The molecule has 0 aliphatic carbocycles. The Kier molecular flexibility index (Phi) is 6.33. The van der Waals surface area contributed by atoms with Crippen molar-refractivity contribution >= 4 is 33.5 Å². The van der Waals surface area contributed by atoms with Crippen molar-refractivity contribution in [1.29, 1.82) is 0 Å². The average molecular weight is 501 g/mol. The summed E-state index contributed by atoms with van der Waals surface area (Å²) in [6.07, 6.45) is -5.00. The maximum Gasteiger partial charge on any atom is 0.412 e. The molecule has 15 heteroatoms. The molecule has 0 fully saturated rings. The molecule has 0 spiro atoms. The van der Waals surface area contributed by atoms with E-state index < -0.39 is 62.8 Å². The van der Waals surface area contributed by atoms with Crippen LogP contribution in [0.3, 0.4) is 0 Å². The SMILES string of the molecule is CN(C)C(=O)c1cccc(NC2=NS(=O)(=O)N=C2N[C@@H](c2ccc(O)c(O)c2)C(F)(F)F)c1O. The molecule has 0 unspecified atom stereocenters. The number of halogens is 3. The highest BCUT2D eigenvalue weighted by molar-refractivity contribution is 7.89. The molecule has 3 rings (SSSR count). The van der Waals surface area contributed by atoms with Crippen LogP contribution < -0.4 is 10.6 Å². The molecule has 2 aromatic carbocycles. The van der Waals surface area contributed by atoms with Gasteiger partial charge in [0.15, 0.2) is 28.9 Å². The minimum atomic E-state index is -5.00. The maximum absolute atomic E-state index is 13.8. The molecule has 0 aromatic heterocycles. The molecule has 0 saturated carbocycles. The second-order valence-corrected chi connectivity index (χ2v) is 8.48. The summed E-state index contributed by atoms with van der Waals surface area (Å²) in [5.41, 5.74) is -0.935. The summed E-state index contributed by atoms with van der Waals surface area (Å²) in [5.74, 6) is -4.17. The minimum Gasteiger partial charge on any atom is -0.505 e. The maximum atomic E-state index is 13.8. The highest BCUT2D eigenvalue weighted by atomic mass is 32.2. The van der Waals surface area contributed by atoms with Crippen molar-refractivity contribution in [3.63, 3.8) is 0 Å². The first-order valence-electron chi connectivity index (χ1n) is 9.30. The fourth-order valence-corrected chi connectivity index (χ4v) is 3.68. The number of aromatic hydroxyl groups is 3. The summed E-state index contributed by atoms with van der Waals surface area (Å²) in [6.45, 7) is 0. The van der Waals surface area contributed by atoms with Gasteiger partial charge in [0.05, 0.1) is 11.3 Å². The third-order valence-electron chi connectivity index (χ3n) is 4.50. The second-order valence-electron chi connectivity index (χ2n) is 7.22. The number of phenolic OH excluding ortho intramolecular Hbond substituents is 3. The third-order valence-corrected chi connectivity index (χ3v) is 5.33. The van der Waals surface area contributed by atoms with Gasteiger partial charge in [-0.15, -0.1) is 8.80 Å². The standard InChI is InChI=1S/C19H18F3N5O6S/c1-27(2)18(31)10-4-3-5-11(14(10)30)23-16-17(26-34(32,33)25-16)24-15(19(20,21)22)9-6-7-12(28)13(29)8-9/h3-8,15,28-30H,1-2H3,(H,23,25)(H,24,26)/t15-/m0/s1. The smallest absolute Gasteiger partial charge is 0.412 e. The van der Waals surface area contributed by atoms with E-state index in [9.17, 15) is 41.7 Å². The van der Waals surface area contributed by atoms with Gasteiger partial charge in [-0.1, -0.05) is 12.1 Å². The molecule has 1 aliphatic heterocycles. The van der Waals surface area contributed by atoms with E-state index in [2.05, 4.69) is 14.1 Å². The molecular formula is C19H18F3N5O6S. The molecule has 2 aromatic rings. The number of anilines is 1. The van der Waals surface area contributed by atoms with Crippen LogP contribution in [0.1, 0.15) is 22.0 Å². The van der Waals surface area contributed by atoms with Crippen molar-refractivity contribution < 1.29 is 41.7 Å². The largest absolute Gasteiger partial charge is 0.505 e. The number of carbonyl (C=O) groups is 1. The fourth-order valence-electron chi connectivity index (χ4n) is 2.91. The van der Waals surface area contributed by atoms with Crippen LogP contribution in [0.4, 0.5) is 18.9 Å². The van der Waals surface area contributed by atoms with Gasteiger partial charge in [0.1, 0.15) is 6.04 Å². The molecule has 1 heterocycles. The van der Waals surface area contributed by atoms with Gasteiger partial charge in [-0.2, -0.15) is 21.6 Å². The number of nitrogens with one attached hydrogen (secondary N) is 2. The lowest BCUT2D eigenvalue weighted by atomic mass is 10.1. The molecule has 11 nitrogen and oxygen atoms in total. The summed E-state index contributed by atoms with van der Waals surface area (Å²) in [5, 5.41) is 33.7. The molecule has 1 aliphatic rings. The Balaban J connectivity index is 1.98. The number of hydrogen-bond acceptors (Lipinski definition) is 8. The second kappa shape index (κ2) is 8.74. The molecule has 1 atom stereocenters. The van der Waals surface area contributed by atoms with E-state index >= 15 is 0 Å². The number of amides is 1. The monoisotopic (exact) mass is 501 g/mol. The normalized spacial score (nSPS) is 15.8. The van der Waals surface area contributed by atoms with E-state index in [1.807, 2.05) is 5.32 Å². The van der Waals surface area contributed by atoms with Crippen molar-refractivity contribution in [2.75, 3.05) is 19.4 Å². The lowest BCUT2D eigenvalue weighted by molar-refractivity contribution is -0.153. The first kappa shape index (κ1) is 24.6. The van der Waals surface area contributed by atoms with Crippen molar-refractivity contribution in [3.8, 4) is 17.2 Å². The number of nitrogens with zero attached hydrogens (tertiary/aromatic N) is 3. The van der Waals surface area contributed by atoms with E-state index in [0.717, 1.165) is 12.1 Å². The molecule has 5 N–H and O–H groups in total. The average Bonchev–Trinajstić information content (AvgIpc) is 3.01. The predicted octanol–water partition coefficient (Wildman–Crippen LogP) is 1.87. The summed E-state index contributed by atoms with van der Waals surface area (Å²) in [7, 11) is -1.70. The van der Waals surface area contributed by atoms with Gasteiger partial charge >= 0.3 is 16.4 Å². The van der Waals surface area contributed by atoms with Crippen molar-refractivity contribution in [2.45, 2.75) is 12.2 Å². The molecule has 34 heavy (non-hydrogen) atoms. The number of hydrogen-bond donors (Lipinski definition) is 5. The van der Waals surface area contributed by atoms with Crippen LogP contribution in [-0.4, -0.2) is 66.5 Å². The number of para-hydroxylation sites is 1. The van der Waals surface area contributed by atoms with Gasteiger partial charge in [0, 0.05) is 14.1 Å². The van der Waals surface area contributed by atoms with Gasteiger partial charge in [-0.25, -0.2) is 0 Å². The third kappa shape index (κ3) is 5.14. The lowest BCUT2D eigenvalue weighted by Gasteiger charge is -2.23. The zero-order valence-electron chi connectivity index (χ0n) is 17.5. The number of carbonyl (C=O) groups excluding carboxylic acids is 1. The predicted molar refractivity (Wildman–Crippen MR) is 115 cm³/mol. The van der Waals surface area contributed by atoms with E-state index in [1.54, 1.807) is 0 Å². The number of alkyl halides is 3. The van der Waals surface area contributed by atoms with E-state index in [1.165, 1.54) is 37.2 Å². The first-order valence-corrected chi connectivity index (χ1v) is 10.7. The van der Waals surface area contributed by atoms with Crippen LogP contribution in [-0.2, 0) is 10.2 Å². The summed E-state index contributed by atoms with van der Waals surface area (Å²) < 4.78 is 71.6. The van der Waals surface area contributed by atoms with Gasteiger partial charge in [0.2, 0.25) is 0 Å². The van der Waals surface area contributed by atoms with Crippen LogP contribution in [0.2, 0.25) is 0 Å². The fraction of sp³-hybridized carbons (Fsp3) is 0.211. The summed E-state index contributed by atoms with van der Waals surface area (Å²) >= 11 is 0. The first-order chi connectivity index (χ1) is 15.7. The summed E-state index contributed by atoms with van der Waals surface area (Å²) in [4.78, 5) is 13.4. The van der Waals surface area contributed by atoms with E-state index in [4.69, 9.17) is 0 Å². The Morgan fingerprint density at radius 1 is 1.03 bits per heavy atom. The van der Waals surface area contributed by atoms with E-state index in [0.29, 0.717) is 6.07 Å².